The molecule has 1 aromatic carbocycles. The molecule has 2 aromatic heterocycles. The summed E-state index contributed by atoms with van der Waals surface area (Å²) >= 11 is 0. The zero-order valence-corrected chi connectivity index (χ0v) is 17.0. The number of fused-ring (bicyclic) bond motifs is 1. The van der Waals surface area contributed by atoms with E-state index in [9.17, 15) is 10.1 Å². The van der Waals surface area contributed by atoms with Crippen molar-refractivity contribution >= 4 is 5.82 Å². The van der Waals surface area contributed by atoms with Crippen molar-refractivity contribution in [3.05, 3.63) is 57.9 Å². The first-order chi connectivity index (χ1) is 14.5. The molecule has 3 heterocycles. The van der Waals surface area contributed by atoms with Gasteiger partial charge in [0.2, 0.25) is 11.5 Å². The van der Waals surface area contributed by atoms with Gasteiger partial charge >= 0.3 is 5.82 Å². The van der Waals surface area contributed by atoms with Crippen molar-refractivity contribution in [2.24, 2.45) is 0 Å². The zero-order valence-electron chi connectivity index (χ0n) is 17.0. The number of hydrogen-bond donors (Lipinski definition) is 0. The van der Waals surface area contributed by atoms with Gasteiger partial charge < -0.3 is 24.2 Å². The predicted molar refractivity (Wildman–Crippen MR) is 108 cm³/mol. The molecule has 0 amide bonds. The fourth-order valence-corrected chi connectivity index (χ4v) is 3.69. The largest absolute Gasteiger partial charge is 0.497 e. The van der Waals surface area contributed by atoms with Crippen molar-refractivity contribution in [2.45, 2.75) is 26.1 Å². The third kappa shape index (κ3) is 3.57. The minimum absolute atomic E-state index is 0.00510. The van der Waals surface area contributed by atoms with Crippen molar-refractivity contribution in [1.82, 2.24) is 24.6 Å². The quantitative estimate of drug-likeness (QED) is 0.451. The van der Waals surface area contributed by atoms with Crippen LogP contribution < -0.4 is 9.47 Å². The fraction of sp³-hybridized carbons (Fsp3) is 0.350. The Hall–Kier alpha value is -3.53. The Balaban J connectivity index is 1.59. The van der Waals surface area contributed by atoms with E-state index < -0.39 is 4.92 Å². The van der Waals surface area contributed by atoms with Gasteiger partial charge in [0.05, 0.1) is 20.3 Å². The monoisotopic (exact) mass is 410 g/mol. The van der Waals surface area contributed by atoms with Crippen molar-refractivity contribution in [3.8, 4) is 23.0 Å². The van der Waals surface area contributed by atoms with Crippen LogP contribution in [0.25, 0.3) is 11.5 Å². The van der Waals surface area contributed by atoms with Crippen LogP contribution in [0.1, 0.15) is 24.4 Å². The van der Waals surface area contributed by atoms with Crippen LogP contribution in [0, 0.1) is 10.1 Å². The lowest BCUT2D eigenvalue weighted by atomic mass is 10.1. The lowest BCUT2D eigenvalue weighted by Crippen LogP contribution is -2.36. The van der Waals surface area contributed by atoms with Crippen LogP contribution in [-0.2, 0) is 13.1 Å². The Morgan fingerprint density at radius 3 is 2.73 bits per heavy atom. The molecule has 0 spiro atoms. The van der Waals surface area contributed by atoms with Gasteiger partial charge in [-0.3, -0.25) is 4.90 Å². The van der Waals surface area contributed by atoms with Crippen LogP contribution in [0.5, 0.6) is 11.5 Å². The first kappa shape index (κ1) is 19.8. The average molecular weight is 410 g/mol. The fourth-order valence-electron chi connectivity index (χ4n) is 3.69. The van der Waals surface area contributed by atoms with Gasteiger partial charge in [0, 0.05) is 37.3 Å². The molecule has 0 unspecified atom stereocenters. The maximum absolute atomic E-state index is 11.0. The molecule has 10 nitrogen and oxygen atoms in total. The summed E-state index contributed by atoms with van der Waals surface area (Å²) in [4.78, 5) is 16.9. The van der Waals surface area contributed by atoms with Gasteiger partial charge in [-0.1, -0.05) is 6.07 Å². The normalized spacial score (nSPS) is 16.2. The number of pyridine rings is 1. The van der Waals surface area contributed by atoms with Gasteiger partial charge in [-0.05, 0) is 35.0 Å². The Morgan fingerprint density at radius 2 is 2.00 bits per heavy atom. The van der Waals surface area contributed by atoms with E-state index in [0.29, 0.717) is 24.6 Å². The first-order valence-corrected chi connectivity index (χ1v) is 9.51. The highest BCUT2D eigenvalue weighted by molar-refractivity contribution is 5.52. The highest BCUT2D eigenvalue weighted by atomic mass is 16.6. The summed E-state index contributed by atoms with van der Waals surface area (Å²) in [5, 5.41) is 19.7. The second-order valence-corrected chi connectivity index (χ2v) is 7.00. The van der Waals surface area contributed by atoms with E-state index >= 15 is 0 Å². The minimum Gasteiger partial charge on any atom is -0.497 e. The van der Waals surface area contributed by atoms with E-state index in [1.54, 1.807) is 26.4 Å². The molecular formula is C20H22N6O4. The molecule has 0 aliphatic carbocycles. The second-order valence-electron chi connectivity index (χ2n) is 7.00. The second kappa shape index (κ2) is 8.07. The van der Waals surface area contributed by atoms with Crippen molar-refractivity contribution in [3.63, 3.8) is 0 Å². The predicted octanol–water partition coefficient (Wildman–Crippen LogP) is 2.84. The molecule has 0 radical (unpaired) electrons. The summed E-state index contributed by atoms with van der Waals surface area (Å²) < 4.78 is 12.8. The van der Waals surface area contributed by atoms with Gasteiger partial charge in [0.25, 0.3) is 0 Å². The molecule has 1 aliphatic heterocycles. The van der Waals surface area contributed by atoms with Crippen LogP contribution in [0.3, 0.4) is 0 Å². The van der Waals surface area contributed by atoms with Gasteiger partial charge in [0.1, 0.15) is 11.5 Å². The molecule has 0 saturated heterocycles. The summed E-state index contributed by atoms with van der Waals surface area (Å²) in [5.74, 6) is 2.66. The number of benzene rings is 1. The molecule has 10 heteroatoms. The average Bonchev–Trinajstić information content (AvgIpc) is 3.21. The number of ether oxygens (including phenoxy) is 2. The highest BCUT2D eigenvalue weighted by Gasteiger charge is 2.30. The standard InChI is InChI=1S/C20H22N6O4/c1-13-19-22-23-20(16-5-4-6-18(21-16)26(27)28)25(19)10-9-24(13)12-14-7-8-15(29-2)11-17(14)30-3/h4-8,11,13H,9-10,12H2,1-3H3/t13-/m1/s1. The van der Waals surface area contributed by atoms with Gasteiger partial charge in [-0.2, -0.15) is 0 Å². The smallest absolute Gasteiger partial charge is 0.364 e. The lowest BCUT2D eigenvalue weighted by molar-refractivity contribution is -0.389. The Kier molecular flexibility index (Phi) is 5.32. The van der Waals surface area contributed by atoms with Crippen LogP contribution in [0.4, 0.5) is 5.82 Å². The number of methoxy groups -OCH3 is 2. The number of nitrogens with zero attached hydrogens (tertiary/aromatic N) is 6. The highest BCUT2D eigenvalue weighted by Crippen LogP contribution is 2.32. The zero-order chi connectivity index (χ0) is 21.3. The van der Waals surface area contributed by atoms with E-state index in [-0.39, 0.29) is 11.9 Å². The Labute approximate surface area is 173 Å². The Morgan fingerprint density at radius 1 is 1.17 bits per heavy atom. The minimum atomic E-state index is -0.510. The van der Waals surface area contributed by atoms with E-state index in [1.165, 1.54) is 6.07 Å². The number of nitro groups is 1. The number of rotatable bonds is 6. The maximum Gasteiger partial charge on any atom is 0.364 e. The maximum atomic E-state index is 11.0. The third-order valence-corrected chi connectivity index (χ3v) is 5.33. The molecule has 0 fully saturated rings. The molecule has 0 saturated carbocycles. The lowest BCUT2D eigenvalue weighted by Gasteiger charge is -2.33. The van der Waals surface area contributed by atoms with Crippen molar-refractivity contribution < 1.29 is 14.4 Å². The first-order valence-electron chi connectivity index (χ1n) is 9.51. The molecule has 1 atom stereocenters. The molecule has 156 valence electrons. The van der Waals surface area contributed by atoms with E-state index in [0.717, 1.165) is 29.4 Å². The van der Waals surface area contributed by atoms with Crippen molar-refractivity contribution in [1.29, 1.82) is 0 Å². The van der Waals surface area contributed by atoms with Crippen LogP contribution in [0.2, 0.25) is 0 Å². The van der Waals surface area contributed by atoms with Crippen LogP contribution in [0.15, 0.2) is 36.4 Å². The summed E-state index contributed by atoms with van der Waals surface area (Å²) in [5.41, 5.74) is 1.50. The van der Waals surface area contributed by atoms with E-state index in [1.807, 2.05) is 22.8 Å². The van der Waals surface area contributed by atoms with E-state index in [4.69, 9.17) is 9.47 Å². The van der Waals surface area contributed by atoms with Gasteiger partial charge in [-0.25, -0.2) is 0 Å². The molecule has 0 N–H and O–H groups in total. The Bertz CT molecular complexity index is 1080. The summed E-state index contributed by atoms with van der Waals surface area (Å²) in [6, 6.07) is 10.5. The summed E-state index contributed by atoms with van der Waals surface area (Å²) in [6.45, 7) is 4.18. The van der Waals surface area contributed by atoms with Crippen LogP contribution >= 0.6 is 0 Å². The number of aromatic nitrogens is 4. The third-order valence-electron chi connectivity index (χ3n) is 5.33. The molecular weight excluding hydrogens is 388 g/mol. The van der Waals surface area contributed by atoms with Crippen molar-refractivity contribution in [2.75, 3.05) is 20.8 Å². The van der Waals surface area contributed by atoms with Crippen LogP contribution in [-0.4, -0.2) is 50.3 Å². The topological polar surface area (TPSA) is 108 Å². The summed E-state index contributed by atoms with van der Waals surface area (Å²) in [6.07, 6.45) is 0. The molecule has 30 heavy (non-hydrogen) atoms. The SMILES string of the molecule is COc1ccc(CN2CCn3c(-c4cccc([N+](=O)[O-])n4)nnc3[C@H]2C)c(OC)c1. The van der Waals surface area contributed by atoms with E-state index in [2.05, 4.69) is 27.0 Å². The molecule has 3 aromatic rings. The summed E-state index contributed by atoms with van der Waals surface area (Å²) in [7, 11) is 3.27. The molecule has 1 aliphatic rings. The number of hydrogen-bond acceptors (Lipinski definition) is 8. The molecule has 0 bridgehead atoms. The van der Waals surface area contributed by atoms with Gasteiger partial charge in [-0.15, -0.1) is 10.2 Å². The van der Waals surface area contributed by atoms with Gasteiger partial charge in [0.15, 0.2) is 5.82 Å². The molecule has 4 rings (SSSR count).